The molecule has 2 N–H and O–H groups in total. The van der Waals surface area contributed by atoms with Gasteiger partial charge in [-0.2, -0.15) is 0 Å². The Balaban J connectivity index is 1.19. The van der Waals surface area contributed by atoms with Crippen LogP contribution >= 0.6 is 11.8 Å². The van der Waals surface area contributed by atoms with Crippen molar-refractivity contribution >= 4 is 50.5 Å². The molecule has 11 nitrogen and oxygen atoms in total. The van der Waals surface area contributed by atoms with Gasteiger partial charge in [0.25, 0.3) is 27.5 Å². The van der Waals surface area contributed by atoms with Crippen molar-refractivity contribution in [2.24, 2.45) is 0 Å². The van der Waals surface area contributed by atoms with Crippen LogP contribution in [-0.2, 0) is 10.0 Å². The highest BCUT2D eigenvalue weighted by Crippen LogP contribution is 2.28. The molecule has 13 heteroatoms. The van der Waals surface area contributed by atoms with Gasteiger partial charge in [0.1, 0.15) is 5.69 Å². The number of amides is 2. The molecule has 3 aromatic carbocycles. The lowest BCUT2D eigenvalue weighted by Crippen LogP contribution is -2.34. The Morgan fingerprint density at radius 3 is 2.42 bits per heavy atom. The van der Waals surface area contributed by atoms with Gasteiger partial charge in [0, 0.05) is 54.3 Å². The monoisotopic (exact) mass is 643 g/mol. The summed E-state index contributed by atoms with van der Waals surface area (Å²) in [6.45, 7) is 1.36. The second-order valence-corrected chi connectivity index (χ2v) is 12.9. The zero-order valence-corrected chi connectivity index (χ0v) is 25.6. The van der Waals surface area contributed by atoms with E-state index >= 15 is 0 Å². The smallest absolute Gasteiger partial charge is 0.293 e. The Morgan fingerprint density at radius 2 is 1.76 bits per heavy atom. The standard InChI is InChI=1S/C32H29N5O6S2/c38-31(25-10-8-23(9-11-25)24-14-18-36(19-15-24)32(39)26-5-4-16-33-22-26)35-45(42,43)28-12-13-29(30(21-28)37(40)41)34-17-20-44-27-6-2-1-3-7-27/h1-14,16,21-22,34H,15,17-20H2,(H,35,38). The molecule has 230 valence electrons. The molecule has 0 saturated heterocycles. The van der Waals surface area contributed by atoms with Gasteiger partial charge in [-0.15, -0.1) is 11.8 Å². The molecule has 2 amide bonds. The summed E-state index contributed by atoms with van der Waals surface area (Å²) in [4.78, 5) is 43.0. The number of benzene rings is 3. The summed E-state index contributed by atoms with van der Waals surface area (Å²) in [6.07, 6.45) is 5.71. The number of rotatable bonds is 11. The van der Waals surface area contributed by atoms with Crippen molar-refractivity contribution in [1.82, 2.24) is 14.6 Å². The van der Waals surface area contributed by atoms with Gasteiger partial charge in [-0.05, 0) is 66.1 Å². The minimum absolute atomic E-state index is 0.0965. The third-order valence-electron chi connectivity index (χ3n) is 7.06. The Kier molecular flexibility index (Phi) is 9.90. The number of carbonyl (C=O) groups is 2. The van der Waals surface area contributed by atoms with Crippen molar-refractivity contribution in [2.45, 2.75) is 16.2 Å². The largest absolute Gasteiger partial charge is 0.379 e. The van der Waals surface area contributed by atoms with Crippen molar-refractivity contribution in [3.05, 3.63) is 130 Å². The van der Waals surface area contributed by atoms with Crippen molar-refractivity contribution in [3.8, 4) is 0 Å². The van der Waals surface area contributed by atoms with Crippen molar-refractivity contribution in [2.75, 3.05) is 30.7 Å². The quantitative estimate of drug-likeness (QED) is 0.0967. The molecule has 0 radical (unpaired) electrons. The first-order chi connectivity index (χ1) is 21.7. The van der Waals surface area contributed by atoms with E-state index in [1.165, 1.54) is 30.5 Å². The highest BCUT2D eigenvalue weighted by atomic mass is 32.2. The van der Waals surface area contributed by atoms with Crippen molar-refractivity contribution < 1.29 is 22.9 Å². The fourth-order valence-corrected chi connectivity index (χ4v) is 6.50. The van der Waals surface area contributed by atoms with Crippen molar-refractivity contribution in [1.29, 1.82) is 0 Å². The van der Waals surface area contributed by atoms with Gasteiger partial charge in [-0.3, -0.25) is 24.7 Å². The third-order valence-corrected chi connectivity index (χ3v) is 9.40. The maximum Gasteiger partial charge on any atom is 0.293 e. The van der Waals surface area contributed by atoms with Crippen LogP contribution in [0.25, 0.3) is 5.57 Å². The van der Waals surface area contributed by atoms with Gasteiger partial charge < -0.3 is 10.2 Å². The second kappa shape index (κ2) is 14.2. The van der Waals surface area contributed by atoms with E-state index < -0.39 is 31.4 Å². The molecule has 2 heterocycles. The van der Waals surface area contributed by atoms with E-state index in [0.717, 1.165) is 22.1 Å². The molecule has 45 heavy (non-hydrogen) atoms. The van der Waals surface area contributed by atoms with E-state index in [0.29, 0.717) is 37.4 Å². The van der Waals surface area contributed by atoms with Crippen molar-refractivity contribution in [3.63, 3.8) is 0 Å². The fraction of sp³-hybridized carbons (Fsp3) is 0.156. The molecular formula is C32H29N5O6S2. The molecule has 0 saturated carbocycles. The van der Waals surface area contributed by atoms with E-state index in [2.05, 4.69) is 10.3 Å². The number of anilines is 1. The number of sulfonamides is 1. The average molecular weight is 644 g/mol. The van der Waals surface area contributed by atoms with Gasteiger partial charge in [0.2, 0.25) is 0 Å². The first-order valence-corrected chi connectivity index (χ1v) is 16.4. The number of nitrogens with zero attached hydrogens (tertiary/aromatic N) is 3. The lowest BCUT2D eigenvalue weighted by molar-refractivity contribution is -0.384. The summed E-state index contributed by atoms with van der Waals surface area (Å²) in [7, 11) is -4.40. The van der Waals surface area contributed by atoms with Gasteiger partial charge in [0.15, 0.2) is 0 Å². The zero-order valence-electron chi connectivity index (χ0n) is 24.0. The maximum absolute atomic E-state index is 13.0. The Morgan fingerprint density at radius 1 is 0.978 bits per heavy atom. The SMILES string of the molecule is O=C(NS(=O)(=O)c1ccc(NCCSc2ccccc2)c([N+](=O)[O-])c1)c1ccc(C2=CCN(C(=O)c3cccnc3)CC2)cc1. The second-order valence-electron chi connectivity index (χ2n) is 10.0. The number of carbonyl (C=O) groups excluding carboxylic acids is 2. The van der Waals surface area contributed by atoms with Crippen LogP contribution in [0.5, 0.6) is 0 Å². The van der Waals surface area contributed by atoms with E-state index in [9.17, 15) is 28.1 Å². The molecule has 1 aliphatic rings. The number of hydrogen-bond acceptors (Lipinski definition) is 9. The summed E-state index contributed by atoms with van der Waals surface area (Å²) in [5.41, 5.74) is 2.25. The molecule has 0 bridgehead atoms. The van der Waals surface area contributed by atoms with Crippen LogP contribution in [0, 0.1) is 10.1 Å². The van der Waals surface area contributed by atoms with Crippen LogP contribution in [0.3, 0.4) is 0 Å². The fourth-order valence-electron chi connectivity index (χ4n) is 4.71. The highest BCUT2D eigenvalue weighted by Gasteiger charge is 2.24. The van der Waals surface area contributed by atoms with E-state index in [1.54, 1.807) is 47.1 Å². The van der Waals surface area contributed by atoms with Crippen LogP contribution < -0.4 is 10.0 Å². The van der Waals surface area contributed by atoms with Gasteiger partial charge in [-0.25, -0.2) is 13.1 Å². The molecule has 4 aromatic rings. The predicted molar refractivity (Wildman–Crippen MR) is 173 cm³/mol. The van der Waals surface area contributed by atoms with Gasteiger partial charge >= 0.3 is 0 Å². The lowest BCUT2D eigenvalue weighted by Gasteiger charge is -2.26. The third kappa shape index (κ3) is 7.94. The number of thioether (sulfide) groups is 1. The highest BCUT2D eigenvalue weighted by molar-refractivity contribution is 7.99. The molecule has 0 atom stereocenters. The van der Waals surface area contributed by atoms with Crippen LogP contribution in [-0.4, -0.2) is 60.4 Å². The van der Waals surface area contributed by atoms with Crippen LogP contribution in [0.1, 0.15) is 32.7 Å². The van der Waals surface area contributed by atoms with Gasteiger partial charge in [-0.1, -0.05) is 36.4 Å². The van der Waals surface area contributed by atoms with E-state index in [1.807, 2.05) is 41.1 Å². The maximum atomic E-state index is 13.0. The van der Waals surface area contributed by atoms with E-state index in [-0.39, 0.29) is 17.2 Å². The Bertz CT molecular complexity index is 1830. The Labute approximate surface area is 264 Å². The molecule has 0 unspecified atom stereocenters. The van der Waals surface area contributed by atoms with Crippen LogP contribution in [0.2, 0.25) is 0 Å². The summed E-state index contributed by atoms with van der Waals surface area (Å²) >= 11 is 1.58. The minimum Gasteiger partial charge on any atom is -0.379 e. The number of pyridine rings is 1. The summed E-state index contributed by atoms with van der Waals surface area (Å²) in [6, 6.07) is 23.1. The number of nitro benzene ring substituents is 1. The van der Waals surface area contributed by atoms with E-state index in [4.69, 9.17) is 0 Å². The first kappa shape index (κ1) is 31.4. The van der Waals surface area contributed by atoms with Crippen LogP contribution in [0.15, 0.2) is 113 Å². The molecule has 0 fully saturated rings. The lowest BCUT2D eigenvalue weighted by atomic mass is 9.98. The zero-order chi connectivity index (χ0) is 31.8. The topological polar surface area (TPSA) is 152 Å². The number of nitro groups is 1. The molecule has 0 aliphatic carbocycles. The first-order valence-electron chi connectivity index (χ1n) is 14.0. The molecule has 5 rings (SSSR count). The number of hydrogen-bond donors (Lipinski definition) is 2. The summed E-state index contributed by atoms with van der Waals surface area (Å²) in [5, 5.41) is 14.7. The summed E-state index contributed by atoms with van der Waals surface area (Å²) in [5.74, 6) is -0.325. The normalized spacial score (nSPS) is 13.1. The molecule has 1 aromatic heterocycles. The molecule has 1 aliphatic heterocycles. The minimum atomic E-state index is -4.40. The summed E-state index contributed by atoms with van der Waals surface area (Å²) < 4.78 is 28.0. The average Bonchev–Trinajstić information content (AvgIpc) is 3.07. The predicted octanol–water partition coefficient (Wildman–Crippen LogP) is 5.24. The molecule has 0 spiro atoms. The van der Waals surface area contributed by atoms with Gasteiger partial charge in [0.05, 0.1) is 15.4 Å². The molecular weight excluding hydrogens is 615 g/mol. The Hall–Kier alpha value is -5.01. The number of nitrogens with one attached hydrogen (secondary N) is 2. The van der Waals surface area contributed by atoms with Crippen LogP contribution in [0.4, 0.5) is 11.4 Å². The number of aromatic nitrogens is 1.